The fourth-order valence-corrected chi connectivity index (χ4v) is 2.94. The Morgan fingerprint density at radius 2 is 1.86 bits per heavy atom. The average Bonchev–Trinajstić information content (AvgIpc) is 2.96. The van der Waals surface area contributed by atoms with Gasteiger partial charge in [0.25, 0.3) is 0 Å². The lowest BCUT2D eigenvalue weighted by Crippen LogP contribution is -2.40. The molecule has 0 aliphatic carbocycles. The van der Waals surface area contributed by atoms with E-state index < -0.39 is 0 Å². The Morgan fingerprint density at radius 1 is 1.18 bits per heavy atom. The Balaban J connectivity index is 1.54. The fourth-order valence-electron chi connectivity index (χ4n) is 2.94. The summed E-state index contributed by atoms with van der Waals surface area (Å²) in [4.78, 5) is 2.42. The summed E-state index contributed by atoms with van der Waals surface area (Å²) in [6.45, 7) is 6.26. The van der Waals surface area contributed by atoms with E-state index in [1.807, 2.05) is 7.05 Å². The first kappa shape index (κ1) is 15.0. The molecule has 6 nitrogen and oxygen atoms in total. The van der Waals surface area contributed by atoms with Crippen molar-refractivity contribution in [2.75, 3.05) is 13.1 Å². The highest BCUT2D eigenvalue weighted by molar-refractivity contribution is 5.26. The van der Waals surface area contributed by atoms with Crippen LogP contribution in [0.2, 0.25) is 0 Å². The van der Waals surface area contributed by atoms with E-state index in [0.717, 1.165) is 37.5 Å². The minimum atomic E-state index is 0.236. The van der Waals surface area contributed by atoms with Crippen molar-refractivity contribution >= 4 is 0 Å². The van der Waals surface area contributed by atoms with Gasteiger partial charge >= 0.3 is 0 Å². The minimum absolute atomic E-state index is 0.236. The second-order valence-electron chi connectivity index (χ2n) is 6.00. The molecule has 6 heteroatoms. The standard InChI is InChI=1S/C16H23N5O/c1-12-4-6-14(7-5-12)22-15-8-10-21(11-9-15)13(2)16-17-18-19-20(16)3/h4-7,13,15H,8-11H2,1-3H3. The number of piperidine rings is 1. The summed E-state index contributed by atoms with van der Waals surface area (Å²) in [7, 11) is 1.89. The predicted molar refractivity (Wildman–Crippen MR) is 83.6 cm³/mol. The highest BCUT2D eigenvalue weighted by Crippen LogP contribution is 2.24. The lowest BCUT2D eigenvalue weighted by atomic mass is 10.1. The van der Waals surface area contributed by atoms with E-state index in [-0.39, 0.29) is 6.04 Å². The molecule has 1 fully saturated rings. The van der Waals surface area contributed by atoms with Crippen LogP contribution in [0.5, 0.6) is 5.75 Å². The third-order valence-electron chi connectivity index (χ3n) is 4.37. The molecule has 1 aliphatic rings. The molecule has 22 heavy (non-hydrogen) atoms. The minimum Gasteiger partial charge on any atom is -0.490 e. The van der Waals surface area contributed by atoms with Crippen molar-refractivity contribution in [1.29, 1.82) is 0 Å². The fraction of sp³-hybridized carbons (Fsp3) is 0.562. The molecule has 0 spiro atoms. The van der Waals surface area contributed by atoms with Gasteiger partial charge < -0.3 is 4.74 Å². The molecule has 0 N–H and O–H groups in total. The van der Waals surface area contributed by atoms with Gasteiger partial charge in [-0.3, -0.25) is 4.90 Å². The molecular formula is C16H23N5O. The van der Waals surface area contributed by atoms with Crippen molar-refractivity contribution in [3.8, 4) is 5.75 Å². The Labute approximate surface area is 131 Å². The molecule has 1 unspecified atom stereocenters. The number of hydrogen-bond acceptors (Lipinski definition) is 5. The summed E-state index contributed by atoms with van der Waals surface area (Å²) >= 11 is 0. The largest absolute Gasteiger partial charge is 0.490 e. The molecule has 2 aromatic rings. The maximum Gasteiger partial charge on any atom is 0.167 e. The van der Waals surface area contributed by atoms with Crippen molar-refractivity contribution < 1.29 is 4.74 Å². The Morgan fingerprint density at radius 3 is 2.45 bits per heavy atom. The zero-order valence-corrected chi connectivity index (χ0v) is 13.4. The number of tetrazole rings is 1. The number of rotatable bonds is 4. The number of hydrogen-bond donors (Lipinski definition) is 0. The van der Waals surface area contributed by atoms with Crippen LogP contribution in [0.1, 0.15) is 37.2 Å². The topological polar surface area (TPSA) is 56.1 Å². The molecule has 0 bridgehead atoms. The van der Waals surface area contributed by atoms with E-state index in [1.165, 1.54) is 5.56 Å². The van der Waals surface area contributed by atoms with Crippen LogP contribution in [0.3, 0.4) is 0 Å². The van der Waals surface area contributed by atoms with Gasteiger partial charge in [-0.05, 0) is 49.2 Å². The van der Waals surface area contributed by atoms with E-state index in [0.29, 0.717) is 6.10 Å². The van der Waals surface area contributed by atoms with Gasteiger partial charge in [0.15, 0.2) is 5.82 Å². The maximum absolute atomic E-state index is 6.08. The Hall–Kier alpha value is -1.95. The quantitative estimate of drug-likeness (QED) is 0.866. The molecule has 2 heterocycles. The first-order valence-electron chi connectivity index (χ1n) is 7.83. The third kappa shape index (κ3) is 3.27. The summed E-state index contributed by atoms with van der Waals surface area (Å²) in [5.74, 6) is 1.88. The molecule has 3 rings (SSSR count). The van der Waals surface area contributed by atoms with Gasteiger partial charge in [0.1, 0.15) is 11.9 Å². The molecule has 0 saturated carbocycles. The number of benzene rings is 1. The first-order chi connectivity index (χ1) is 10.6. The van der Waals surface area contributed by atoms with Crippen LogP contribution in [0.25, 0.3) is 0 Å². The van der Waals surface area contributed by atoms with E-state index in [4.69, 9.17) is 4.74 Å². The lowest BCUT2D eigenvalue weighted by Gasteiger charge is -2.35. The zero-order chi connectivity index (χ0) is 15.5. The van der Waals surface area contributed by atoms with Gasteiger partial charge in [-0.25, -0.2) is 4.68 Å². The van der Waals surface area contributed by atoms with E-state index in [2.05, 4.69) is 58.5 Å². The van der Waals surface area contributed by atoms with Crippen molar-refractivity contribution in [1.82, 2.24) is 25.1 Å². The molecular weight excluding hydrogens is 278 g/mol. The summed E-state index contributed by atoms with van der Waals surface area (Å²) in [5.41, 5.74) is 1.26. The predicted octanol–water partition coefficient (Wildman–Crippen LogP) is 2.12. The monoisotopic (exact) mass is 301 g/mol. The summed E-state index contributed by atoms with van der Waals surface area (Å²) in [6, 6.07) is 8.52. The molecule has 0 radical (unpaired) electrons. The average molecular weight is 301 g/mol. The van der Waals surface area contributed by atoms with Crippen molar-refractivity contribution in [2.24, 2.45) is 7.05 Å². The highest BCUT2D eigenvalue weighted by Gasteiger charge is 2.26. The first-order valence-corrected chi connectivity index (χ1v) is 7.83. The van der Waals surface area contributed by atoms with E-state index in [1.54, 1.807) is 4.68 Å². The van der Waals surface area contributed by atoms with Crippen LogP contribution in [-0.2, 0) is 7.05 Å². The van der Waals surface area contributed by atoms with Crippen LogP contribution >= 0.6 is 0 Å². The molecule has 118 valence electrons. The molecule has 1 saturated heterocycles. The van der Waals surface area contributed by atoms with Gasteiger partial charge in [0, 0.05) is 20.1 Å². The lowest BCUT2D eigenvalue weighted by molar-refractivity contribution is 0.0764. The van der Waals surface area contributed by atoms with Crippen molar-refractivity contribution in [3.05, 3.63) is 35.7 Å². The van der Waals surface area contributed by atoms with Gasteiger partial charge in [0.05, 0.1) is 6.04 Å². The van der Waals surface area contributed by atoms with Crippen molar-refractivity contribution in [2.45, 2.75) is 38.8 Å². The number of nitrogens with zero attached hydrogens (tertiary/aromatic N) is 5. The normalized spacial score (nSPS) is 18.3. The molecule has 0 amide bonds. The van der Waals surface area contributed by atoms with Gasteiger partial charge in [0.2, 0.25) is 0 Å². The van der Waals surface area contributed by atoms with Crippen LogP contribution in [-0.4, -0.2) is 44.3 Å². The maximum atomic E-state index is 6.08. The Kier molecular flexibility index (Phi) is 4.38. The summed E-state index contributed by atoms with van der Waals surface area (Å²) in [5, 5.41) is 11.8. The number of ether oxygens (including phenoxy) is 1. The highest BCUT2D eigenvalue weighted by atomic mass is 16.5. The second-order valence-corrected chi connectivity index (χ2v) is 6.00. The molecule has 1 aromatic carbocycles. The van der Waals surface area contributed by atoms with Crippen LogP contribution in [0, 0.1) is 6.92 Å². The van der Waals surface area contributed by atoms with Crippen LogP contribution in [0.15, 0.2) is 24.3 Å². The van der Waals surface area contributed by atoms with Crippen LogP contribution < -0.4 is 4.74 Å². The third-order valence-corrected chi connectivity index (χ3v) is 4.37. The van der Waals surface area contributed by atoms with E-state index in [9.17, 15) is 0 Å². The smallest absolute Gasteiger partial charge is 0.167 e. The molecule has 1 aliphatic heterocycles. The number of aryl methyl sites for hydroxylation is 2. The van der Waals surface area contributed by atoms with Gasteiger partial charge in [-0.1, -0.05) is 17.7 Å². The number of aromatic nitrogens is 4. The van der Waals surface area contributed by atoms with Crippen LogP contribution in [0.4, 0.5) is 0 Å². The molecule has 1 aromatic heterocycles. The summed E-state index contributed by atoms with van der Waals surface area (Å²) < 4.78 is 7.83. The van der Waals surface area contributed by atoms with Gasteiger partial charge in [-0.15, -0.1) is 5.10 Å². The second kappa shape index (κ2) is 6.44. The van der Waals surface area contributed by atoms with Gasteiger partial charge in [-0.2, -0.15) is 0 Å². The zero-order valence-electron chi connectivity index (χ0n) is 13.4. The molecule has 1 atom stereocenters. The van der Waals surface area contributed by atoms with Crippen molar-refractivity contribution in [3.63, 3.8) is 0 Å². The SMILES string of the molecule is Cc1ccc(OC2CCN(C(C)c3nnnn3C)CC2)cc1. The summed E-state index contributed by atoms with van der Waals surface area (Å²) in [6.07, 6.45) is 2.36. The van der Waals surface area contributed by atoms with E-state index >= 15 is 0 Å². The Bertz CT molecular complexity index is 601. The number of likely N-dealkylation sites (tertiary alicyclic amines) is 1.